The summed E-state index contributed by atoms with van der Waals surface area (Å²) < 4.78 is 68.7. The van der Waals surface area contributed by atoms with Gasteiger partial charge in [-0.25, -0.2) is 9.13 Å². The molecule has 0 spiro atoms. The fourth-order valence-corrected chi connectivity index (χ4v) is 13.8. The molecule has 0 fully saturated rings. The first-order valence-corrected chi connectivity index (χ1v) is 44.0. The summed E-state index contributed by atoms with van der Waals surface area (Å²) >= 11 is 0. The molecule has 0 aliphatic heterocycles. The molecular weight excluding hydrogens is 1280 g/mol. The Balaban J connectivity index is 5.25. The predicted molar refractivity (Wildman–Crippen MR) is 400 cm³/mol. The number of aliphatic hydroxyl groups excluding tert-OH is 1. The summed E-state index contributed by atoms with van der Waals surface area (Å²) in [7, 11) is -9.92. The average molecular weight is 1440 g/mol. The van der Waals surface area contributed by atoms with Crippen LogP contribution in [0.2, 0.25) is 0 Å². The monoisotopic (exact) mass is 1440 g/mol. The first-order chi connectivity index (χ1) is 47.4. The van der Waals surface area contributed by atoms with E-state index in [1.54, 1.807) is 0 Å². The van der Waals surface area contributed by atoms with E-state index >= 15 is 0 Å². The highest BCUT2D eigenvalue weighted by Crippen LogP contribution is 2.45. The zero-order chi connectivity index (χ0) is 72.1. The first-order valence-electron chi connectivity index (χ1n) is 41.0. The Morgan fingerprint density at radius 2 is 0.469 bits per heavy atom. The fourth-order valence-electron chi connectivity index (χ4n) is 12.2. The number of rotatable bonds is 78. The molecule has 0 saturated carbocycles. The molecule has 0 aromatic carbocycles. The molecule has 2 unspecified atom stereocenters. The van der Waals surface area contributed by atoms with Gasteiger partial charge in [0.05, 0.1) is 26.4 Å². The summed E-state index contributed by atoms with van der Waals surface area (Å²) in [5.74, 6) is -0.631. The lowest BCUT2D eigenvalue weighted by molar-refractivity contribution is -0.161. The molecule has 0 heterocycles. The molecule has 19 heteroatoms. The van der Waals surface area contributed by atoms with Crippen molar-refractivity contribution in [1.29, 1.82) is 0 Å². The van der Waals surface area contributed by atoms with Crippen LogP contribution in [0.25, 0.3) is 0 Å². The van der Waals surface area contributed by atoms with Gasteiger partial charge >= 0.3 is 39.5 Å². The summed E-state index contributed by atoms with van der Waals surface area (Å²) in [6, 6.07) is 0. The molecule has 0 rings (SSSR count). The maximum atomic E-state index is 13.1. The van der Waals surface area contributed by atoms with E-state index in [9.17, 15) is 43.2 Å². The van der Waals surface area contributed by atoms with Gasteiger partial charge in [-0.05, 0) is 37.5 Å². The van der Waals surface area contributed by atoms with E-state index in [-0.39, 0.29) is 25.7 Å². The fraction of sp³-hybridized carbons (Fsp3) is 0.949. The van der Waals surface area contributed by atoms with E-state index in [1.165, 1.54) is 231 Å². The van der Waals surface area contributed by atoms with E-state index in [4.69, 9.17) is 37.0 Å². The van der Waals surface area contributed by atoms with Crippen LogP contribution < -0.4 is 0 Å². The quantitative estimate of drug-likeness (QED) is 0.0222. The van der Waals surface area contributed by atoms with E-state index in [1.807, 2.05) is 0 Å². The van der Waals surface area contributed by atoms with Crippen molar-refractivity contribution < 1.29 is 80.2 Å². The smallest absolute Gasteiger partial charge is 0.462 e. The van der Waals surface area contributed by atoms with Gasteiger partial charge < -0.3 is 33.8 Å². The number of hydrogen-bond acceptors (Lipinski definition) is 15. The Morgan fingerprint density at radius 3 is 0.694 bits per heavy atom. The highest BCUT2D eigenvalue weighted by Gasteiger charge is 2.30. The van der Waals surface area contributed by atoms with Gasteiger partial charge in [0.1, 0.15) is 19.3 Å². The topological polar surface area (TPSA) is 237 Å². The molecule has 0 saturated heterocycles. The number of ether oxygens (including phenoxy) is 4. The molecule has 5 atom stereocenters. The van der Waals surface area contributed by atoms with Crippen LogP contribution >= 0.6 is 15.6 Å². The normalized spacial score (nSPS) is 13.9. The van der Waals surface area contributed by atoms with Gasteiger partial charge in [-0.15, -0.1) is 0 Å². The third-order valence-electron chi connectivity index (χ3n) is 18.5. The van der Waals surface area contributed by atoms with Crippen LogP contribution in [-0.2, 0) is 65.4 Å². The summed E-state index contributed by atoms with van der Waals surface area (Å²) in [6.45, 7) is 9.58. The molecule has 98 heavy (non-hydrogen) atoms. The number of phosphoric ester groups is 2. The van der Waals surface area contributed by atoms with Crippen LogP contribution in [0.3, 0.4) is 0 Å². The van der Waals surface area contributed by atoms with Crippen molar-refractivity contribution in [2.45, 2.75) is 432 Å². The van der Waals surface area contributed by atoms with Crippen LogP contribution in [0.15, 0.2) is 0 Å². The maximum absolute atomic E-state index is 13.1. The molecule has 0 radical (unpaired) electrons. The zero-order valence-electron chi connectivity index (χ0n) is 64.1. The first kappa shape index (κ1) is 96.1. The summed E-state index contributed by atoms with van der Waals surface area (Å²) in [4.78, 5) is 73.0. The second-order valence-electron chi connectivity index (χ2n) is 29.4. The van der Waals surface area contributed by atoms with E-state index in [0.717, 1.165) is 102 Å². The molecule has 0 bridgehead atoms. The molecule has 0 amide bonds. The molecule has 582 valence electrons. The second kappa shape index (κ2) is 70.7. The summed E-state index contributed by atoms with van der Waals surface area (Å²) in [5.41, 5.74) is 0. The molecule has 0 aromatic heterocycles. The average Bonchev–Trinajstić information content (AvgIpc) is 1.10. The van der Waals surface area contributed by atoms with E-state index < -0.39 is 97.5 Å². The number of esters is 4. The Morgan fingerprint density at radius 1 is 0.276 bits per heavy atom. The van der Waals surface area contributed by atoms with Crippen molar-refractivity contribution in [3.8, 4) is 0 Å². The van der Waals surface area contributed by atoms with Crippen LogP contribution in [0.1, 0.15) is 414 Å². The molecule has 0 aliphatic rings. The molecule has 17 nitrogen and oxygen atoms in total. The van der Waals surface area contributed by atoms with Gasteiger partial charge in [0.2, 0.25) is 0 Å². The van der Waals surface area contributed by atoms with Crippen molar-refractivity contribution in [1.82, 2.24) is 0 Å². The predicted octanol–water partition coefficient (Wildman–Crippen LogP) is 23.5. The Bertz CT molecular complexity index is 1890. The van der Waals surface area contributed by atoms with Crippen LogP contribution in [0.4, 0.5) is 0 Å². The minimum Gasteiger partial charge on any atom is -0.462 e. The second-order valence-corrected chi connectivity index (χ2v) is 32.3. The van der Waals surface area contributed by atoms with Gasteiger partial charge in [0.25, 0.3) is 0 Å². The number of carbonyl (C=O) groups excluding carboxylic acids is 4. The SMILES string of the molecule is CCCCCCCCCCCCCCCCCCCC(=O)OC[C@H](COP(=O)(O)OC[C@@H](O)COP(=O)(O)OC[C@@H](COC(=O)CCCCCCCCCCCC(C)C)OC(=O)CCCCCCCCCCCC(C)C)OC(=O)CCCCCCCCCCCCCCCCCCC. The van der Waals surface area contributed by atoms with Crippen molar-refractivity contribution in [2.24, 2.45) is 11.8 Å². The van der Waals surface area contributed by atoms with Crippen LogP contribution in [-0.4, -0.2) is 96.7 Å². The largest absolute Gasteiger partial charge is 0.472 e. The third kappa shape index (κ3) is 72.4. The third-order valence-corrected chi connectivity index (χ3v) is 20.4. The number of hydrogen-bond donors (Lipinski definition) is 3. The number of unbranched alkanes of at least 4 members (excludes halogenated alkanes) is 48. The van der Waals surface area contributed by atoms with Gasteiger partial charge in [-0.2, -0.15) is 0 Å². The zero-order valence-corrected chi connectivity index (χ0v) is 65.9. The lowest BCUT2D eigenvalue weighted by Gasteiger charge is -2.21. The van der Waals surface area contributed by atoms with Crippen molar-refractivity contribution in [3.63, 3.8) is 0 Å². The lowest BCUT2D eigenvalue weighted by atomic mass is 10.0. The number of carbonyl (C=O) groups is 4. The molecule has 3 N–H and O–H groups in total. The summed E-state index contributed by atoms with van der Waals surface area (Å²) in [6.07, 6.45) is 59.7. The minimum atomic E-state index is -4.96. The van der Waals surface area contributed by atoms with E-state index in [2.05, 4.69) is 41.5 Å². The number of aliphatic hydroxyl groups is 1. The maximum Gasteiger partial charge on any atom is 0.472 e. The van der Waals surface area contributed by atoms with E-state index in [0.29, 0.717) is 25.7 Å². The van der Waals surface area contributed by atoms with Crippen molar-refractivity contribution >= 4 is 39.5 Å². The summed E-state index contributed by atoms with van der Waals surface area (Å²) in [5, 5.41) is 10.6. The highest BCUT2D eigenvalue weighted by atomic mass is 31.2. The minimum absolute atomic E-state index is 0.105. The standard InChI is InChI=1S/C79H154O17P2/c1-7-9-11-13-15-17-19-21-23-25-27-29-31-37-43-49-55-61-76(81)89-67-74(95-78(83)63-57-51-45-38-32-30-28-26-24-22-20-18-16-14-12-10-8-2)69-93-97(85,86)91-65-73(80)66-92-98(87,88)94-70-75(96-79(84)64-58-52-46-40-34-36-42-48-54-60-72(5)6)68-90-77(82)62-56-50-44-39-33-35-41-47-53-59-71(3)4/h71-75,80H,7-70H2,1-6H3,(H,85,86)(H,87,88)/t73-,74-,75-/m1/s1. The lowest BCUT2D eigenvalue weighted by Crippen LogP contribution is -2.30. The number of phosphoric acid groups is 2. The highest BCUT2D eigenvalue weighted by molar-refractivity contribution is 7.47. The van der Waals surface area contributed by atoms with Gasteiger partial charge in [0, 0.05) is 25.7 Å². The van der Waals surface area contributed by atoms with Gasteiger partial charge in [0.15, 0.2) is 12.2 Å². The Labute approximate surface area is 600 Å². The molecule has 0 aromatic rings. The van der Waals surface area contributed by atoms with Gasteiger partial charge in [-0.3, -0.25) is 37.3 Å². The van der Waals surface area contributed by atoms with Gasteiger partial charge in [-0.1, -0.05) is 363 Å². The Hall–Kier alpha value is -1.94. The molecular formula is C79H154O17P2. The van der Waals surface area contributed by atoms with Crippen molar-refractivity contribution in [2.75, 3.05) is 39.6 Å². The van der Waals surface area contributed by atoms with Crippen molar-refractivity contribution in [3.05, 3.63) is 0 Å². The van der Waals surface area contributed by atoms with Crippen LogP contribution in [0.5, 0.6) is 0 Å². The van der Waals surface area contributed by atoms with Crippen LogP contribution in [0, 0.1) is 11.8 Å². The molecule has 0 aliphatic carbocycles. The Kier molecular flexibility index (Phi) is 69.3.